The zero-order valence-corrected chi connectivity index (χ0v) is 13.8. The van der Waals surface area contributed by atoms with Crippen molar-refractivity contribution < 1.29 is 4.79 Å². The number of halogens is 1. The molecule has 0 N–H and O–H groups in total. The maximum absolute atomic E-state index is 12.2. The first-order valence-corrected chi connectivity index (χ1v) is 7.98. The fourth-order valence-corrected chi connectivity index (χ4v) is 2.80. The van der Waals surface area contributed by atoms with E-state index in [4.69, 9.17) is 11.6 Å². The quantitative estimate of drug-likeness (QED) is 0.757. The Morgan fingerprint density at radius 3 is 2.50 bits per heavy atom. The topological polar surface area (TPSA) is 33.2 Å². The zero-order valence-electron chi connectivity index (χ0n) is 13.1. The van der Waals surface area contributed by atoms with Crippen LogP contribution in [0.25, 0.3) is 0 Å². The van der Waals surface area contributed by atoms with Gasteiger partial charge in [0.2, 0.25) is 5.91 Å². The van der Waals surface area contributed by atoms with Gasteiger partial charge in [0.25, 0.3) is 0 Å². The number of rotatable bonds is 6. The Morgan fingerprint density at radius 1 is 1.18 bits per heavy atom. The lowest BCUT2D eigenvalue weighted by molar-refractivity contribution is -0.116. The zero-order chi connectivity index (χ0) is 15.9. The molecule has 0 bridgehead atoms. The standard InChI is InChI=1S/C18H21ClN2O/c1-14-6-3-7-15(2)18(14)21(17(22)12-19)11-5-9-16-8-4-10-20-13-16/h3-4,6-8,10,13H,5,9,11-12H2,1-2H3. The van der Waals surface area contributed by atoms with Crippen molar-refractivity contribution in [2.24, 2.45) is 0 Å². The van der Waals surface area contributed by atoms with Crippen LogP contribution in [-0.2, 0) is 11.2 Å². The molecule has 4 heteroatoms. The van der Waals surface area contributed by atoms with Gasteiger partial charge in [-0.2, -0.15) is 0 Å². The SMILES string of the molecule is Cc1cccc(C)c1N(CCCc1cccnc1)C(=O)CCl. The molecule has 0 spiro atoms. The molecule has 0 fully saturated rings. The third-order valence-corrected chi connectivity index (χ3v) is 3.92. The molecule has 0 aliphatic carbocycles. The molecule has 0 saturated heterocycles. The smallest absolute Gasteiger partial charge is 0.241 e. The molecule has 1 aromatic heterocycles. The van der Waals surface area contributed by atoms with E-state index in [1.165, 1.54) is 5.56 Å². The number of para-hydroxylation sites is 1. The lowest BCUT2D eigenvalue weighted by Gasteiger charge is -2.25. The average Bonchev–Trinajstić information content (AvgIpc) is 2.53. The molecule has 0 radical (unpaired) electrons. The molecular formula is C18H21ClN2O. The van der Waals surface area contributed by atoms with E-state index in [-0.39, 0.29) is 11.8 Å². The van der Waals surface area contributed by atoms with E-state index in [9.17, 15) is 4.79 Å². The Balaban J connectivity index is 2.12. The Morgan fingerprint density at radius 2 is 1.91 bits per heavy atom. The van der Waals surface area contributed by atoms with E-state index in [0.717, 1.165) is 29.7 Å². The molecule has 22 heavy (non-hydrogen) atoms. The minimum absolute atomic E-state index is 0.000662. The Labute approximate surface area is 136 Å². The van der Waals surface area contributed by atoms with Gasteiger partial charge in [0, 0.05) is 24.6 Å². The lowest BCUT2D eigenvalue weighted by Crippen LogP contribution is -2.34. The van der Waals surface area contributed by atoms with Gasteiger partial charge in [-0.05, 0) is 49.4 Å². The predicted octanol–water partition coefficient (Wildman–Crippen LogP) is 3.90. The van der Waals surface area contributed by atoms with Crippen LogP contribution < -0.4 is 4.90 Å². The van der Waals surface area contributed by atoms with E-state index in [0.29, 0.717) is 6.54 Å². The summed E-state index contributed by atoms with van der Waals surface area (Å²) in [5.74, 6) is -0.0500. The molecule has 3 nitrogen and oxygen atoms in total. The van der Waals surface area contributed by atoms with Gasteiger partial charge >= 0.3 is 0 Å². The van der Waals surface area contributed by atoms with Gasteiger partial charge in [0.05, 0.1) is 0 Å². The average molecular weight is 317 g/mol. The van der Waals surface area contributed by atoms with Crippen molar-refractivity contribution in [3.8, 4) is 0 Å². The maximum atomic E-state index is 12.2. The molecule has 0 saturated carbocycles. The van der Waals surface area contributed by atoms with Crippen molar-refractivity contribution in [2.45, 2.75) is 26.7 Å². The van der Waals surface area contributed by atoms with E-state index < -0.39 is 0 Å². The molecule has 2 aromatic rings. The molecule has 0 atom stereocenters. The Kier molecular flexibility index (Phi) is 5.96. The monoisotopic (exact) mass is 316 g/mol. The van der Waals surface area contributed by atoms with Gasteiger partial charge < -0.3 is 4.90 Å². The molecule has 116 valence electrons. The Bertz CT molecular complexity index is 608. The second-order valence-electron chi connectivity index (χ2n) is 5.38. The summed E-state index contributed by atoms with van der Waals surface area (Å²) in [6, 6.07) is 10.0. The van der Waals surface area contributed by atoms with E-state index in [1.54, 1.807) is 6.20 Å². The number of anilines is 1. The van der Waals surface area contributed by atoms with Crippen molar-refractivity contribution in [1.29, 1.82) is 0 Å². The van der Waals surface area contributed by atoms with Crippen LogP contribution in [0.3, 0.4) is 0 Å². The maximum Gasteiger partial charge on any atom is 0.241 e. The van der Waals surface area contributed by atoms with Gasteiger partial charge in [-0.25, -0.2) is 0 Å². The van der Waals surface area contributed by atoms with Crippen LogP contribution in [0.4, 0.5) is 5.69 Å². The highest BCUT2D eigenvalue weighted by Gasteiger charge is 2.18. The predicted molar refractivity (Wildman–Crippen MR) is 91.5 cm³/mol. The first kappa shape index (κ1) is 16.5. The normalized spacial score (nSPS) is 10.5. The highest BCUT2D eigenvalue weighted by atomic mass is 35.5. The third kappa shape index (κ3) is 4.08. The number of carbonyl (C=O) groups excluding carboxylic acids is 1. The van der Waals surface area contributed by atoms with E-state index in [2.05, 4.69) is 11.1 Å². The summed E-state index contributed by atoms with van der Waals surface area (Å²) in [6.45, 7) is 4.71. The van der Waals surface area contributed by atoms with Crippen molar-refractivity contribution in [3.63, 3.8) is 0 Å². The number of aryl methyl sites for hydroxylation is 3. The number of aromatic nitrogens is 1. The number of hydrogen-bond donors (Lipinski definition) is 0. The van der Waals surface area contributed by atoms with Crippen LogP contribution in [0, 0.1) is 13.8 Å². The molecule has 0 aliphatic heterocycles. The molecule has 1 amide bonds. The van der Waals surface area contributed by atoms with Crippen molar-refractivity contribution in [1.82, 2.24) is 4.98 Å². The summed E-state index contributed by atoms with van der Waals surface area (Å²) >= 11 is 5.80. The highest BCUT2D eigenvalue weighted by molar-refractivity contribution is 6.29. The summed E-state index contributed by atoms with van der Waals surface area (Å²) in [6.07, 6.45) is 5.41. The fourth-order valence-electron chi connectivity index (χ4n) is 2.65. The highest BCUT2D eigenvalue weighted by Crippen LogP contribution is 2.25. The van der Waals surface area contributed by atoms with Crippen molar-refractivity contribution >= 4 is 23.2 Å². The summed E-state index contributed by atoms with van der Waals surface area (Å²) in [7, 11) is 0. The molecular weight excluding hydrogens is 296 g/mol. The van der Waals surface area contributed by atoms with Crippen molar-refractivity contribution in [2.75, 3.05) is 17.3 Å². The van der Waals surface area contributed by atoms with Crippen LogP contribution in [0.5, 0.6) is 0 Å². The van der Waals surface area contributed by atoms with E-state index in [1.807, 2.05) is 49.2 Å². The summed E-state index contributed by atoms with van der Waals surface area (Å²) in [5.41, 5.74) is 4.36. The van der Waals surface area contributed by atoms with Gasteiger partial charge in [-0.3, -0.25) is 9.78 Å². The molecule has 1 heterocycles. The molecule has 0 unspecified atom stereocenters. The first-order valence-electron chi connectivity index (χ1n) is 7.45. The summed E-state index contributed by atoms with van der Waals surface area (Å²) < 4.78 is 0. The van der Waals surface area contributed by atoms with E-state index >= 15 is 0 Å². The van der Waals surface area contributed by atoms with Gasteiger partial charge in [-0.15, -0.1) is 11.6 Å². The number of pyridine rings is 1. The largest absolute Gasteiger partial charge is 0.311 e. The van der Waals surface area contributed by atoms with Crippen LogP contribution in [-0.4, -0.2) is 23.3 Å². The second-order valence-corrected chi connectivity index (χ2v) is 5.65. The van der Waals surface area contributed by atoms with Crippen LogP contribution >= 0.6 is 11.6 Å². The Hall–Kier alpha value is -1.87. The number of nitrogens with zero attached hydrogens (tertiary/aromatic N) is 2. The summed E-state index contributed by atoms with van der Waals surface area (Å²) in [4.78, 5) is 18.2. The number of alkyl halides is 1. The van der Waals surface area contributed by atoms with Crippen LogP contribution in [0.1, 0.15) is 23.1 Å². The van der Waals surface area contributed by atoms with Crippen LogP contribution in [0.15, 0.2) is 42.7 Å². The third-order valence-electron chi connectivity index (χ3n) is 3.69. The minimum Gasteiger partial charge on any atom is -0.311 e. The number of carbonyl (C=O) groups is 1. The van der Waals surface area contributed by atoms with Crippen LogP contribution in [0.2, 0.25) is 0 Å². The minimum atomic E-state index is -0.0507. The van der Waals surface area contributed by atoms with Gasteiger partial charge in [0.1, 0.15) is 5.88 Å². The van der Waals surface area contributed by atoms with Gasteiger partial charge in [-0.1, -0.05) is 24.3 Å². The number of amides is 1. The van der Waals surface area contributed by atoms with Gasteiger partial charge in [0.15, 0.2) is 0 Å². The molecule has 2 rings (SSSR count). The number of hydrogen-bond acceptors (Lipinski definition) is 2. The first-order chi connectivity index (χ1) is 10.6. The fraction of sp³-hybridized carbons (Fsp3) is 0.333. The lowest BCUT2D eigenvalue weighted by atomic mass is 10.1. The summed E-state index contributed by atoms with van der Waals surface area (Å²) in [5, 5.41) is 0. The molecule has 1 aromatic carbocycles. The number of benzene rings is 1. The second kappa shape index (κ2) is 7.95. The molecule has 0 aliphatic rings. The van der Waals surface area contributed by atoms with Crippen molar-refractivity contribution in [3.05, 3.63) is 59.4 Å².